The van der Waals surface area contributed by atoms with Crippen LogP contribution in [0.15, 0.2) is 11.3 Å². The monoisotopic (exact) mass is 127 g/mol. The quantitative estimate of drug-likeness (QED) is 0.567. The van der Waals surface area contributed by atoms with Gasteiger partial charge in [-0.1, -0.05) is 5.57 Å². The zero-order chi connectivity index (χ0) is 7.44. The summed E-state index contributed by atoms with van der Waals surface area (Å²) >= 11 is 0. The molecule has 52 valence electrons. The molecule has 0 bridgehead atoms. The number of hydrogen-bond acceptors (Lipinski definition) is 1. The molecule has 0 unspecified atom stereocenters. The lowest BCUT2D eigenvalue weighted by Gasteiger charge is -2.02. The summed E-state index contributed by atoms with van der Waals surface area (Å²) in [5.41, 5.74) is 2.09. The van der Waals surface area contributed by atoms with Crippen LogP contribution in [0, 0.1) is 0 Å². The average molecular weight is 127 g/mol. The van der Waals surface area contributed by atoms with Gasteiger partial charge in [-0.3, -0.25) is 4.79 Å². The van der Waals surface area contributed by atoms with Crippen LogP contribution in [0.1, 0.15) is 27.7 Å². The van der Waals surface area contributed by atoms with Crippen molar-refractivity contribution < 1.29 is 4.79 Å². The van der Waals surface area contributed by atoms with Crippen molar-refractivity contribution in [1.29, 1.82) is 0 Å². The fourth-order valence-electron chi connectivity index (χ4n) is 0.389. The van der Waals surface area contributed by atoms with Crippen LogP contribution in [0.2, 0.25) is 0 Å². The maximum atomic E-state index is 10.4. The highest BCUT2D eigenvalue weighted by atomic mass is 16.1. The lowest BCUT2D eigenvalue weighted by molar-refractivity contribution is -0.118. The van der Waals surface area contributed by atoms with Crippen LogP contribution < -0.4 is 5.32 Å². The summed E-state index contributed by atoms with van der Waals surface area (Å²) in [5.74, 6) is -0.00583. The van der Waals surface area contributed by atoms with Crippen molar-refractivity contribution in [3.8, 4) is 0 Å². The maximum absolute atomic E-state index is 10.4. The molecule has 0 aliphatic rings. The average Bonchev–Trinajstić information content (AvgIpc) is 1.63. The molecule has 2 nitrogen and oxygen atoms in total. The van der Waals surface area contributed by atoms with Crippen molar-refractivity contribution in [2.75, 3.05) is 0 Å². The lowest BCUT2D eigenvalue weighted by atomic mass is 10.3. The van der Waals surface area contributed by atoms with E-state index in [1.54, 1.807) is 0 Å². The normalized spacial score (nSPS) is 8.44. The second-order valence-electron chi connectivity index (χ2n) is 2.31. The third kappa shape index (κ3) is 3.76. The van der Waals surface area contributed by atoms with E-state index >= 15 is 0 Å². The molecule has 0 radical (unpaired) electrons. The number of allylic oxidation sites excluding steroid dienone is 2. The van der Waals surface area contributed by atoms with Gasteiger partial charge in [0.05, 0.1) is 0 Å². The topological polar surface area (TPSA) is 29.1 Å². The molecule has 0 aromatic heterocycles. The van der Waals surface area contributed by atoms with Gasteiger partial charge in [0.15, 0.2) is 0 Å². The minimum atomic E-state index is -0.00583. The highest BCUT2D eigenvalue weighted by Gasteiger charge is 1.92. The Morgan fingerprint density at radius 3 is 1.67 bits per heavy atom. The number of nitrogens with one attached hydrogen (secondary N) is 1. The Morgan fingerprint density at radius 1 is 1.11 bits per heavy atom. The Labute approximate surface area is 56.0 Å². The van der Waals surface area contributed by atoms with Gasteiger partial charge in [-0.05, 0) is 20.8 Å². The van der Waals surface area contributed by atoms with Crippen molar-refractivity contribution in [3.05, 3.63) is 11.3 Å². The maximum Gasteiger partial charge on any atom is 0.220 e. The molecule has 9 heavy (non-hydrogen) atoms. The number of carbonyl (C=O) groups excluding carboxylic acids is 1. The van der Waals surface area contributed by atoms with E-state index in [9.17, 15) is 4.79 Å². The van der Waals surface area contributed by atoms with E-state index in [2.05, 4.69) is 5.32 Å². The number of rotatable bonds is 1. The standard InChI is InChI=1S/C7H13NO/c1-5(2)6(3)8-7(4)9/h1-4H3,(H,8,9). The first kappa shape index (κ1) is 8.21. The van der Waals surface area contributed by atoms with Gasteiger partial charge in [0.1, 0.15) is 0 Å². The van der Waals surface area contributed by atoms with Crippen LogP contribution in [0.4, 0.5) is 0 Å². The lowest BCUT2D eigenvalue weighted by Crippen LogP contribution is -2.17. The first-order chi connectivity index (χ1) is 4.04. The first-order valence-electron chi connectivity index (χ1n) is 2.95. The molecule has 0 aromatic rings. The van der Waals surface area contributed by atoms with E-state index in [1.165, 1.54) is 6.92 Å². The fourth-order valence-corrected chi connectivity index (χ4v) is 0.389. The predicted octanol–water partition coefficient (Wildman–Crippen LogP) is 1.44. The second kappa shape index (κ2) is 3.28. The van der Waals surface area contributed by atoms with Crippen molar-refractivity contribution in [2.24, 2.45) is 0 Å². The van der Waals surface area contributed by atoms with E-state index in [0.29, 0.717) is 0 Å². The Kier molecular flexibility index (Phi) is 2.99. The molecule has 0 aliphatic heterocycles. The van der Waals surface area contributed by atoms with Crippen molar-refractivity contribution in [2.45, 2.75) is 27.7 Å². The molecule has 0 aromatic carbocycles. The van der Waals surface area contributed by atoms with Crippen molar-refractivity contribution >= 4 is 5.91 Å². The molecule has 0 heterocycles. The molecular formula is C7H13NO. The summed E-state index contributed by atoms with van der Waals surface area (Å²) in [6.45, 7) is 7.32. The van der Waals surface area contributed by atoms with Gasteiger partial charge >= 0.3 is 0 Å². The predicted molar refractivity (Wildman–Crippen MR) is 37.9 cm³/mol. The molecule has 0 fully saturated rings. The number of carbonyl (C=O) groups is 1. The van der Waals surface area contributed by atoms with Crippen LogP contribution >= 0.6 is 0 Å². The fraction of sp³-hybridized carbons (Fsp3) is 0.571. The third-order valence-corrected chi connectivity index (χ3v) is 1.11. The first-order valence-corrected chi connectivity index (χ1v) is 2.95. The summed E-state index contributed by atoms with van der Waals surface area (Å²) in [6, 6.07) is 0. The number of amides is 1. The van der Waals surface area contributed by atoms with Crippen molar-refractivity contribution in [1.82, 2.24) is 5.32 Å². The Morgan fingerprint density at radius 2 is 1.56 bits per heavy atom. The summed E-state index contributed by atoms with van der Waals surface area (Å²) < 4.78 is 0. The van der Waals surface area contributed by atoms with Crippen LogP contribution in [-0.2, 0) is 4.79 Å². The molecule has 0 aliphatic carbocycles. The molecule has 2 heteroatoms. The van der Waals surface area contributed by atoms with Crippen LogP contribution in [-0.4, -0.2) is 5.91 Å². The molecular weight excluding hydrogens is 114 g/mol. The van der Waals surface area contributed by atoms with Gasteiger partial charge < -0.3 is 5.32 Å². The smallest absolute Gasteiger partial charge is 0.220 e. The molecule has 0 saturated heterocycles. The van der Waals surface area contributed by atoms with Crippen LogP contribution in [0.25, 0.3) is 0 Å². The zero-order valence-electron chi connectivity index (χ0n) is 6.41. The van der Waals surface area contributed by atoms with Gasteiger partial charge in [-0.15, -0.1) is 0 Å². The summed E-state index contributed by atoms with van der Waals surface area (Å²) in [6.07, 6.45) is 0. The zero-order valence-corrected chi connectivity index (χ0v) is 6.41. The molecule has 1 amide bonds. The highest BCUT2D eigenvalue weighted by Crippen LogP contribution is 1.95. The summed E-state index contributed by atoms with van der Waals surface area (Å²) in [5, 5.41) is 2.68. The molecule has 0 saturated carbocycles. The molecule has 0 rings (SSSR count). The Hall–Kier alpha value is -0.790. The largest absolute Gasteiger partial charge is 0.330 e. The van der Waals surface area contributed by atoms with Gasteiger partial charge in [0, 0.05) is 12.6 Å². The third-order valence-electron chi connectivity index (χ3n) is 1.11. The van der Waals surface area contributed by atoms with Gasteiger partial charge in [0.25, 0.3) is 0 Å². The Balaban J connectivity index is 3.92. The van der Waals surface area contributed by atoms with E-state index in [0.717, 1.165) is 11.3 Å². The summed E-state index contributed by atoms with van der Waals surface area (Å²) in [4.78, 5) is 10.4. The highest BCUT2D eigenvalue weighted by molar-refractivity contribution is 5.74. The minimum Gasteiger partial charge on any atom is -0.330 e. The van der Waals surface area contributed by atoms with Gasteiger partial charge in [-0.2, -0.15) is 0 Å². The van der Waals surface area contributed by atoms with E-state index in [-0.39, 0.29) is 5.91 Å². The van der Waals surface area contributed by atoms with Gasteiger partial charge in [-0.25, -0.2) is 0 Å². The minimum absolute atomic E-state index is 0.00583. The van der Waals surface area contributed by atoms with E-state index in [4.69, 9.17) is 0 Å². The Bertz CT molecular complexity index is 143. The second-order valence-corrected chi connectivity index (χ2v) is 2.31. The van der Waals surface area contributed by atoms with Crippen LogP contribution in [0.3, 0.4) is 0 Å². The number of hydrogen-bond donors (Lipinski definition) is 1. The van der Waals surface area contributed by atoms with Gasteiger partial charge in [0.2, 0.25) is 5.91 Å². The SMILES string of the molecule is CC(=O)NC(C)=C(C)C. The van der Waals surface area contributed by atoms with Crippen molar-refractivity contribution in [3.63, 3.8) is 0 Å². The summed E-state index contributed by atoms with van der Waals surface area (Å²) in [7, 11) is 0. The van der Waals surface area contributed by atoms with Crippen LogP contribution in [0.5, 0.6) is 0 Å². The molecule has 0 atom stereocenters. The molecule has 1 N–H and O–H groups in total. The van der Waals surface area contributed by atoms with E-state index in [1.807, 2.05) is 20.8 Å². The molecule has 0 spiro atoms. The van der Waals surface area contributed by atoms with E-state index < -0.39 is 0 Å².